The van der Waals surface area contributed by atoms with Gasteiger partial charge in [-0.3, -0.25) is 0 Å². The Labute approximate surface area is 119 Å². The molecule has 0 aromatic carbocycles. The van der Waals surface area contributed by atoms with Crippen molar-refractivity contribution in [3.63, 3.8) is 0 Å². The lowest BCUT2D eigenvalue weighted by atomic mass is 9.68. The summed E-state index contributed by atoms with van der Waals surface area (Å²) in [6.45, 7) is 6.93. The van der Waals surface area contributed by atoms with E-state index in [1.807, 2.05) is 11.8 Å². The predicted molar refractivity (Wildman–Crippen MR) is 85.5 cm³/mol. The molecular formula is C16H33NS. The highest BCUT2D eigenvalue weighted by Crippen LogP contribution is 2.43. The maximum atomic E-state index is 3.62. The Balaban J connectivity index is 2.39. The Bertz CT molecular complexity index is 187. The highest BCUT2D eigenvalue weighted by Gasteiger charge is 2.34. The molecule has 0 spiro atoms. The summed E-state index contributed by atoms with van der Waals surface area (Å²) < 4.78 is 0. The smallest absolute Gasteiger partial charge is 0.000799 e. The molecule has 0 unspecified atom stereocenters. The molecule has 2 heteroatoms. The average Bonchev–Trinajstić information content (AvgIpc) is 2.42. The van der Waals surface area contributed by atoms with Gasteiger partial charge >= 0.3 is 0 Å². The molecule has 1 aliphatic rings. The van der Waals surface area contributed by atoms with Crippen LogP contribution in [0.5, 0.6) is 0 Å². The van der Waals surface area contributed by atoms with E-state index in [0.717, 1.165) is 12.5 Å². The van der Waals surface area contributed by atoms with Crippen LogP contribution in [-0.2, 0) is 0 Å². The molecule has 0 saturated heterocycles. The summed E-state index contributed by atoms with van der Waals surface area (Å²) in [7, 11) is 0. The monoisotopic (exact) mass is 271 g/mol. The Morgan fingerprint density at radius 1 is 1.22 bits per heavy atom. The van der Waals surface area contributed by atoms with E-state index in [9.17, 15) is 0 Å². The standard InChI is InChI=1S/C16H33NS/c1-4-6-7-15-8-10-16(11-9-15,12-13-18-3)14-17-5-2/h15,17H,4-14H2,1-3H3. The highest BCUT2D eigenvalue weighted by atomic mass is 32.2. The van der Waals surface area contributed by atoms with E-state index >= 15 is 0 Å². The molecule has 0 radical (unpaired) electrons. The van der Waals surface area contributed by atoms with Crippen LogP contribution in [0.1, 0.15) is 65.2 Å². The minimum absolute atomic E-state index is 0.627. The number of thioether (sulfide) groups is 1. The second kappa shape index (κ2) is 9.25. The largest absolute Gasteiger partial charge is 0.316 e. The van der Waals surface area contributed by atoms with Gasteiger partial charge in [0, 0.05) is 6.54 Å². The molecule has 18 heavy (non-hydrogen) atoms. The van der Waals surface area contributed by atoms with Crippen LogP contribution < -0.4 is 5.32 Å². The van der Waals surface area contributed by atoms with Gasteiger partial charge in [0.05, 0.1) is 0 Å². The number of hydrogen-bond donors (Lipinski definition) is 1. The number of hydrogen-bond acceptors (Lipinski definition) is 2. The minimum Gasteiger partial charge on any atom is -0.316 e. The minimum atomic E-state index is 0.627. The summed E-state index contributed by atoms with van der Waals surface area (Å²) in [4.78, 5) is 0. The molecule has 0 heterocycles. The normalized spacial score (nSPS) is 28.5. The molecule has 0 bridgehead atoms. The van der Waals surface area contributed by atoms with Crippen molar-refractivity contribution in [2.45, 2.75) is 65.2 Å². The van der Waals surface area contributed by atoms with Crippen molar-refractivity contribution in [3.8, 4) is 0 Å². The van der Waals surface area contributed by atoms with Gasteiger partial charge in [-0.05, 0) is 62.0 Å². The van der Waals surface area contributed by atoms with Gasteiger partial charge in [0.1, 0.15) is 0 Å². The SMILES string of the molecule is CCCCC1CCC(CCSC)(CNCC)CC1. The Hall–Kier alpha value is 0.310. The van der Waals surface area contributed by atoms with Gasteiger partial charge in [-0.2, -0.15) is 11.8 Å². The molecule has 1 rings (SSSR count). The molecule has 1 N–H and O–H groups in total. The van der Waals surface area contributed by atoms with E-state index in [4.69, 9.17) is 0 Å². The van der Waals surface area contributed by atoms with Crippen LogP contribution in [-0.4, -0.2) is 25.1 Å². The lowest BCUT2D eigenvalue weighted by Crippen LogP contribution is -2.38. The molecule has 0 amide bonds. The van der Waals surface area contributed by atoms with Crippen LogP contribution in [0.2, 0.25) is 0 Å². The summed E-state index contributed by atoms with van der Waals surface area (Å²) in [5, 5.41) is 3.62. The Kier molecular flexibility index (Phi) is 8.41. The fourth-order valence-corrected chi connectivity index (χ4v) is 3.93. The van der Waals surface area contributed by atoms with Crippen molar-refractivity contribution >= 4 is 11.8 Å². The molecule has 0 aliphatic heterocycles. The van der Waals surface area contributed by atoms with E-state index in [-0.39, 0.29) is 0 Å². The van der Waals surface area contributed by atoms with Crippen LogP contribution in [0.4, 0.5) is 0 Å². The second-order valence-corrected chi connectivity index (χ2v) is 7.09. The third-order valence-electron chi connectivity index (χ3n) is 4.72. The van der Waals surface area contributed by atoms with E-state index in [2.05, 4.69) is 25.4 Å². The molecular weight excluding hydrogens is 238 g/mol. The van der Waals surface area contributed by atoms with Gasteiger partial charge < -0.3 is 5.32 Å². The third-order valence-corrected chi connectivity index (χ3v) is 5.33. The van der Waals surface area contributed by atoms with Gasteiger partial charge in [-0.1, -0.05) is 33.1 Å². The molecule has 1 nitrogen and oxygen atoms in total. The van der Waals surface area contributed by atoms with E-state index in [0.29, 0.717) is 5.41 Å². The third kappa shape index (κ3) is 5.52. The van der Waals surface area contributed by atoms with Gasteiger partial charge in [0.2, 0.25) is 0 Å². The zero-order chi connectivity index (χ0) is 13.3. The zero-order valence-electron chi connectivity index (χ0n) is 12.8. The Morgan fingerprint density at radius 2 is 1.94 bits per heavy atom. The fourth-order valence-electron chi connectivity index (χ4n) is 3.30. The van der Waals surface area contributed by atoms with Crippen LogP contribution in [0.3, 0.4) is 0 Å². The highest BCUT2D eigenvalue weighted by molar-refractivity contribution is 7.98. The molecule has 1 saturated carbocycles. The number of nitrogens with one attached hydrogen (secondary N) is 1. The van der Waals surface area contributed by atoms with Crippen molar-refractivity contribution in [1.29, 1.82) is 0 Å². The van der Waals surface area contributed by atoms with Crippen molar-refractivity contribution < 1.29 is 0 Å². The molecule has 0 aromatic heterocycles. The lowest BCUT2D eigenvalue weighted by molar-refractivity contribution is 0.136. The van der Waals surface area contributed by atoms with E-state index < -0.39 is 0 Å². The van der Waals surface area contributed by atoms with Crippen molar-refractivity contribution in [3.05, 3.63) is 0 Å². The summed E-state index contributed by atoms with van der Waals surface area (Å²) >= 11 is 2.01. The molecule has 0 aromatic rings. The maximum absolute atomic E-state index is 3.62. The topological polar surface area (TPSA) is 12.0 Å². The van der Waals surface area contributed by atoms with Gasteiger partial charge in [-0.25, -0.2) is 0 Å². The first kappa shape index (κ1) is 16.4. The second-order valence-electron chi connectivity index (χ2n) is 6.11. The summed E-state index contributed by atoms with van der Waals surface area (Å²) in [5.74, 6) is 2.37. The van der Waals surface area contributed by atoms with Crippen molar-refractivity contribution in [1.82, 2.24) is 5.32 Å². The number of rotatable bonds is 9. The molecule has 1 fully saturated rings. The first-order valence-electron chi connectivity index (χ1n) is 7.96. The molecule has 108 valence electrons. The first-order valence-corrected chi connectivity index (χ1v) is 9.35. The van der Waals surface area contributed by atoms with E-state index in [1.165, 1.54) is 63.7 Å². The van der Waals surface area contributed by atoms with Gasteiger partial charge in [0.25, 0.3) is 0 Å². The molecule has 0 atom stereocenters. The quantitative estimate of drug-likeness (QED) is 0.651. The Morgan fingerprint density at radius 3 is 2.50 bits per heavy atom. The van der Waals surface area contributed by atoms with Crippen molar-refractivity contribution in [2.24, 2.45) is 11.3 Å². The zero-order valence-corrected chi connectivity index (χ0v) is 13.6. The molecule has 1 aliphatic carbocycles. The van der Waals surface area contributed by atoms with Crippen molar-refractivity contribution in [2.75, 3.05) is 25.1 Å². The number of unbranched alkanes of at least 4 members (excludes halogenated alkanes) is 1. The van der Waals surface area contributed by atoms with E-state index in [1.54, 1.807) is 0 Å². The maximum Gasteiger partial charge on any atom is 0.000799 e. The fraction of sp³-hybridized carbons (Fsp3) is 1.00. The van der Waals surface area contributed by atoms with Gasteiger partial charge in [0.15, 0.2) is 0 Å². The van der Waals surface area contributed by atoms with Crippen LogP contribution >= 0.6 is 11.8 Å². The first-order chi connectivity index (χ1) is 8.76. The van der Waals surface area contributed by atoms with Crippen LogP contribution in [0, 0.1) is 11.3 Å². The average molecular weight is 272 g/mol. The van der Waals surface area contributed by atoms with Crippen LogP contribution in [0.15, 0.2) is 0 Å². The predicted octanol–water partition coefficient (Wildman–Crippen LogP) is 4.72. The van der Waals surface area contributed by atoms with Crippen LogP contribution in [0.25, 0.3) is 0 Å². The van der Waals surface area contributed by atoms with Gasteiger partial charge in [-0.15, -0.1) is 0 Å². The summed E-state index contributed by atoms with van der Waals surface area (Å²) in [5.41, 5.74) is 0.627. The summed E-state index contributed by atoms with van der Waals surface area (Å²) in [6, 6.07) is 0. The lowest BCUT2D eigenvalue weighted by Gasteiger charge is -2.41. The summed E-state index contributed by atoms with van der Waals surface area (Å²) in [6.07, 6.45) is 13.9.